The average molecular weight is 472 g/mol. The lowest BCUT2D eigenvalue weighted by Crippen LogP contribution is -1.99. The molecular weight excluding hydrogens is 456 g/mol. The van der Waals surface area contributed by atoms with Crippen molar-refractivity contribution in [1.82, 2.24) is 4.98 Å². The second-order valence-electron chi connectivity index (χ2n) is 6.97. The minimum absolute atomic E-state index is 0.0696. The molecule has 4 aromatic rings. The van der Waals surface area contributed by atoms with Crippen LogP contribution in [0.3, 0.4) is 0 Å². The number of fused-ring (bicyclic) bond motifs is 1. The van der Waals surface area contributed by atoms with Crippen molar-refractivity contribution in [2.24, 2.45) is 0 Å². The van der Waals surface area contributed by atoms with E-state index >= 15 is 0 Å². The Morgan fingerprint density at radius 3 is 2.75 bits per heavy atom. The third kappa shape index (κ3) is 5.30. The quantitative estimate of drug-likeness (QED) is 0.321. The van der Waals surface area contributed by atoms with Crippen molar-refractivity contribution in [3.05, 3.63) is 93.5 Å². The number of ether oxygens (including phenoxy) is 1. The van der Waals surface area contributed by atoms with E-state index in [4.69, 9.17) is 16.3 Å². The second-order valence-corrected chi connectivity index (χ2v) is 8.44. The number of aromatic nitrogens is 1. The molecule has 0 saturated carbocycles. The summed E-state index contributed by atoms with van der Waals surface area (Å²) in [4.78, 5) is 16.0. The van der Waals surface area contributed by atoms with Gasteiger partial charge in [-0.3, -0.25) is 4.79 Å². The topological polar surface area (TPSA) is 59.4 Å². The summed E-state index contributed by atoms with van der Waals surface area (Å²) < 4.78 is 33.4. The molecule has 0 saturated heterocycles. The molecule has 0 bridgehead atoms. The fourth-order valence-corrected chi connectivity index (χ4v) is 4.21. The predicted octanol–water partition coefficient (Wildman–Crippen LogP) is 6.82. The van der Waals surface area contributed by atoms with Crippen molar-refractivity contribution in [2.45, 2.75) is 13.0 Å². The van der Waals surface area contributed by atoms with E-state index in [1.165, 1.54) is 23.5 Å². The molecule has 0 aliphatic heterocycles. The maximum atomic E-state index is 13.8. The van der Waals surface area contributed by atoms with E-state index in [-0.39, 0.29) is 18.6 Å². The van der Waals surface area contributed by atoms with Gasteiger partial charge in [0.25, 0.3) is 0 Å². The van der Waals surface area contributed by atoms with Crippen molar-refractivity contribution in [1.29, 1.82) is 0 Å². The Kier molecular flexibility index (Phi) is 6.48. The normalized spacial score (nSPS) is 11.7. The van der Waals surface area contributed by atoms with Gasteiger partial charge in [0.05, 0.1) is 16.6 Å². The van der Waals surface area contributed by atoms with Gasteiger partial charge in [-0.05, 0) is 59.7 Å². The van der Waals surface area contributed by atoms with Gasteiger partial charge in [0, 0.05) is 16.7 Å². The first-order valence-electron chi connectivity index (χ1n) is 9.53. The summed E-state index contributed by atoms with van der Waals surface area (Å²) in [6.07, 6.45) is 1.53. The van der Waals surface area contributed by atoms with Gasteiger partial charge in [-0.1, -0.05) is 23.7 Å². The highest BCUT2D eigenvalue weighted by Gasteiger charge is 2.13. The summed E-state index contributed by atoms with van der Waals surface area (Å²) in [6, 6.07) is 15.6. The molecule has 4 nitrogen and oxygen atoms in total. The molecule has 0 spiro atoms. The van der Waals surface area contributed by atoms with E-state index < -0.39 is 17.6 Å². The lowest BCUT2D eigenvalue weighted by atomic mass is 10.1. The maximum absolute atomic E-state index is 13.8. The first kappa shape index (κ1) is 21.9. The third-order valence-electron chi connectivity index (χ3n) is 4.57. The monoisotopic (exact) mass is 471 g/mol. The SMILES string of the molecule is O=C(O)C/C(=C\c1cccc(OCc2ccc(F)cc2F)c1)c1nc2cc(Cl)ccc2s1. The highest BCUT2D eigenvalue weighted by atomic mass is 35.5. The molecule has 4 rings (SSSR count). The van der Waals surface area contributed by atoms with Gasteiger partial charge in [-0.2, -0.15) is 0 Å². The van der Waals surface area contributed by atoms with Crippen molar-refractivity contribution in [2.75, 3.05) is 0 Å². The van der Waals surface area contributed by atoms with Crippen LogP contribution < -0.4 is 4.74 Å². The fraction of sp³-hybridized carbons (Fsp3) is 0.0833. The van der Waals surface area contributed by atoms with Crippen LogP contribution in [0.4, 0.5) is 8.78 Å². The Balaban J connectivity index is 1.60. The van der Waals surface area contributed by atoms with E-state index in [1.54, 1.807) is 42.5 Å². The van der Waals surface area contributed by atoms with Crippen molar-refractivity contribution < 1.29 is 23.4 Å². The van der Waals surface area contributed by atoms with Gasteiger partial charge < -0.3 is 9.84 Å². The molecule has 0 unspecified atom stereocenters. The van der Waals surface area contributed by atoms with Crippen LogP contribution in [0.5, 0.6) is 5.75 Å². The molecule has 0 aliphatic carbocycles. The summed E-state index contributed by atoms with van der Waals surface area (Å²) >= 11 is 7.42. The summed E-state index contributed by atoms with van der Waals surface area (Å²) in [5.74, 6) is -1.84. The Hall–Kier alpha value is -3.29. The predicted molar refractivity (Wildman–Crippen MR) is 122 cm³/mol. The van der Waals surface area contributed by atoms with E-state index in [1.807, 2.05) is 6.07 Å². The van der Waals surface area contributed by atoms with Crippen LogP contribution in [0, 0.1) is 11.6 Å². The van der Waals surface area contributed by atoms with Crippen molar-refractivity contribution in [3.63, 3.8) is 0 Å². The molecule has 3 aromatic carbocycles. The summed E-state index contributed by atoms with van der Waals surface area (Å²) in [5.41, 5.74) is 2.17. The number of carbonyl (C=O) groups is 1. The Morgan fingerprint density at radius 1 is 1.12 bits per heavy atom. The van der Waals surface area contributed by atoms with Crippen LogP contribution in [0.25, 0.3) is 21.9 Å². The lowest BCUT2D eigenvalue weighted by molar-refractivity contribution is -0.135. The Morgan fingerprint density at radius 2 is 1.97 bits per heavy atom. The maximum Gasteiger partial charge on any atom is 0.307 e. The number of halogens is 3. The minimum atomic E-state index is -0.979. The highest BCUT2D eigenvalue weighted by Crippen LogP contribution is 2.32. The van der Waals surface area contributed by atoms with Crippen molar-refractivity contribution in [3.8, 4) is 5.75 Å². The average Bonchev–Trinajstić information content (AvgIpc) is 3.16. The van der Waals surface area contributed by atoms with Crippen LogP contribution in [-0.2, 0) is 11.4 Å². The van der Waals surface area contributed by atoms with E-state index in [0.29, 0.717) is 32.4 Å². The van der Waals surface area contributed by atoms with Gasteiger partial charge in [-0.25, -0.2) is 13.8 Å². The van der Waals surface area contributed by atoms with E-state index in [0.717, 1.165) is 10.8 Å². The molecule has 1 N–H and O–H groups in total. The largest absolute Gasteiger partial charge is 0.489 e. The summed E-state index contributed by atoms with van der Waals surface area (Å²) in [5, 5.41) is 10.5. The van der Waals surface area contributed by atoms with Crippen LogP contribution in [0.2, 0.25) is 5.02 Å². The first-order valence-corrected chi connectivity index (χ1v) is 10.7. The van der Waals surface area contributed by atoms with Crippen LogP contribution in [0.1, 0.15) is 22.6 Å². The van der Waals surface area contributed by atoms with E-state index in [2.05, 4.69) is 4.98 Å². The second kappa shape index (κ2) is 9.46. The van der Waals surface area contributed by atoms with Gasteiger partial charge in [-0.15, -0.1) is 11.3 Å². The summed E-state index contributed by atoms with van der Waals surface area (Å²) in [7, 11) is 0. The molecule has 0 amide bonds. The number of hydrogen-bond donors (Lipinski definition) is 1. The van der Waals surface area contributed by atoms with E-state index in [9.17, 15) is 18.7 Å². The van der Waals surface area contributed by atoms with Crippen LogP contribution in [0.15, 0.2) is 60.7 Å². The van der Waals surface area contributed by atoms with Gasteiger partial charge in [0.15, 0.2) is 0 Å². The number of carboxylic acid groups (broad SMARTS) is 1. The molecular formula is C24H16ClF2NO3S. The standard InChI is InChI=1S/C24H16ClF2NO3S/c25-17-5-7-22-21(11-17)28-24(32-22)16(10-23(29)30)8-14-2-1-3-19(9-14)31-13-15-4-6-18(26)12-20(15)27/h1-9,11-12H,10,13H2,(H,29,30)/b16-8+. The zero-order valence-corrected chi connectivity index (χ0v) is 18.1. The molecule has 0 aliphatic rings. The molecule has 32 heavy (non-hydrogen) atoms. The third-order valence-corrected chi connectivity index (χ3v) is 5.92. The molecule has 0 fully saturated rings. The smallest absolute Gasteiger partial charge is 0.307 e. The number of hydrogen-bond acceptors (Lipinski definition) is 4. The van der Waals surface area contributed by atoms with Crippen LogP contribution in [-0.4, -0.2) is 16.1 Å². The lowest BCUT2D eigenvalue weighted by Gasteiger charge is -2.08. The number of nitrogens with zero attached hydrogens (tertiary/aromatic N) is 1. The minimum Gasteiger partial charge on any atom is -0.489 e. The van der Waals surface area contributed by atoms with Crippen molar-refractivity contribution >= 4 is 50.8 Å². The number of aliphatic carboxylic acids is 1. The highest BCUT2D eigenvalue weighted by molar-refractivity contribution is 7.19. The number of thiazole rings is 1. The summed E-state index contributed by atoms with van der Waals surface area (Å²) in [6.45, 7) is -0.0696. The van der Waals surface area contributed by atoms with Gasteiger partial charge in [0.2, 0.25) is 0 Å². The zero-order chi connectivity index (χ0) is 22.7. The molecule has 0 radical (unpaired) electrons. The molecule has 0 atom stereocenters. The van der Waals surface area contributed by atoms with Crippen LogP contribution >= 0.6 is 22.9 Å². The number of benzene rings is 3. The number of rotatable bonds is 7. The Labute approximate surface area is 191 Å². The fourth-order valence-electron chi connectivity index (χ4n) is 3.08. The zero-order valence-electron chi connectivity index (χ0n) is 16.5. The molecule has 162 valence electrons. The first-order chi connectivity index (χ1) is 15.4. The number of carboxylic acids is 1. The van der Waals surface area contributed by atoms with Gasteiger partial charge >= 0.3 is 5.97 Å². The molecule has 1 heterocycles. The van der Waals surface area contributed by atoms with Gasteiger partial charge in [0.1, 0.15) is 29.0 Å². The molecule has 1 aromatic heterocycles. The molecule has 8 heteroatoms. The Bertz CT molecular complexity index is 1340.